The highest BCUT2D eigenvalue weighted by Crippen LogP contribution is 2.50. The summed E-state index contributed by atoms with van der Waals surface area (Å²) >= 11 is 1.93. The molecule has 2 heteroatoms. The van der Waals surface area contributed by atoms with Crippen molar-refractivity contribution in [2.45, 2.75) is 23.3 Å². The molecule has 1 aromatic carbocycles. The normalized spacial score (nSPS) is 28.5. The lowest BCUT2D eigenvalue weighted by Gasteiger charge is -2.43. The third kappa shape index (κ3) is 1.34. The van der Waals surface area contributed by atoms with Crippen LogP contribution in [0.25, 0.3) is 0 Å². The molecule has 2 atom stereocenters. The Hall–Kier alpha value is -1.41. The van der Waals surface area contributed by atoms with Crippen molar-refractivity contribution in [2.75, 3.05) is 0 Å². The van der Waals surface area contributed by atoms with Crippen LogP contribution in [-0.4, -0.2) is 10.9 Å². The van der Waals surface area contributed by atoms with Crippen LogP contribution >= 0.6 is 11.8 Å². The Morgan fingerprint density at radius 2 is 2.12 bits per heavy atom. The number of hydrogen-bond acceptors (Lipinski definition) is 2. The monoisotopic (exact) mass is 239 g/mol. The van der Waals surface area contributed by atoms with Crippen molar-refractivity contribution < 1.29 is 0 Å². The van der Waals surface area contributed by atoms with E-state index in [0.717, 1.165) is 6.42 Å². The SMILES string of the molecule is C1=CN2C=CCC3c4ccccc4SC(=C1)C32. The molecule has 1 nitrogen and oxygen atoms in total. The van der Waals surface area contributed by atoms with E-state index in [1.54, 1.807) is 0 Å². The van der Waals surface area contributed by atoms with Crippen molar-refractivity contribution in [1.29, 1.82) is 0 Å². The molecule has 17 heavy (non-hydrogen) atoms. The van der Waals surface area contributed by atoms with Crippen molar-refractivity contribution >= 4 is 11.8 Å². The van der Waals surface area contributed by atoms with E-state index in [2.05, 4.69) is 59.8 Å². The summed E-state index contributed by atoms with van der Waals surface area (Å²) in [4.78, 5) is 5.28. The molecule has 0 aliphatic carbocycles. The Kier molecular flexibility index (Phi) is 2.00. The Labute approximate surface area is 106 Å². The lowest BCUT2D eigenvalue weighted by atomic mass is 9.84. The van der Waals surface area contributed by atoms with Gasteiger partial charge in [0.2, 0.25) is 0 Å². The van der Waals surface area contributed by atoms with E-state index in [0.29, 0.717) is 12.0 Å². The van der Waals surface area contributed by atoms with Gasteiger partial charge in [-0.25, -0.2) is 0 Å². The first-order valence-corrected chi connectivity index (χ1v) is 6.84. The number of benzene rings is 1. The van der Waals surface area contributed by atoms with Gasteiger partial charge in [0.25, 0.3) is 0 Å². The Balaban J connectivity index is 1.92. The number of nitrogens with zero attached hydrogens (tertiary/aromatic N) is 1. The zero-order chi connectivity index (χ0) is 11.2. The fourth-order valence-corrected chi connectivity index (χ4v) is 4.27. The zero-order valence-corrected chi connectivity index (χ0v) is 10.2. The molecule has 3 aliphatic heterocycles. The highest BCUT2D eigenvalue weighted by atomic mass is 32.2. The minimum Gasteiger partial charge on any atom is -0.346 e. The summed E-state index contributed by atoms with van der Waals surface area (Å²) in [6, 6.07) is 9.37. The van der Waals surface area contributed by atoms with Gasteiger partial charge in [-0.2, -0.15) is 0 Å². The van der Waals surface area contributed by atoms with Crippen LogP contribution < -0.4 is 0 Å². The van der Waals surface area contributed by atoms with Crippen LogP contribution in [-0.2, 0) is 0 Å². The van der Waals surface area contributed by atoms with Gasteiger partial charge < -0.3 is 4.90 Å². The van der Waals surface area contributed by atoms with Crippen LogP contribution in [0.1, 0.15) is 17.9 Å². The predicted octanol–water partition coefficient (Wildman–Crippen LogP) is 3.88. The van der Waals surface area contributed by atoms with Gasteiger partial charge in [-0.3, -0.25) is 0 Å². The van der Waals surface area contributed by atoms with Crippen molar-refractivity contribution in [1.82, 2.24) is 4.90 Å². The predicted molar refractivity (Wildman–Crippen MR) is 71.6 cm³/mol. The summed E-state index contributed by atoms with van der Waals surface area (Å²) in [6.45, 7) is 0. The molecule has 0 saturated heterocycles. The molecule has 0 radical (unpaired) electrons. The molecule has 1 aromatic rings. The van der Waals surface area contributed by atoms with Crippen LogP contribution in [0.3, 0.4) is 0 Å². The maximum absolute atomic E-state index is 2.35. The number of rotatable bonds is 0. The summed E-state index contributed by atoms with van der Waals surface area (Å²) in [5.41, 5.74) is 1.52. The fraction of sp³-hybridized carbons (Fsp3) is 0.200. The molecule has 2 unspecified atom stereocenters. The molecule has 0 bridgehead atoms. The number of allylic oxidation sites excluding steroid dienone is 3. The maximum atomic E-state index is 2.35. The third-order valence-electron chi connectivity index (χ3n) is 3.73. The quantitative estimate of drug-likeness (QED) is 0.676. The van der Waals surface area contributed by atoms with Crippen molar-refractivity contribution in [3.05, 3.63) is 65.4 Å². The van der Waals surface area contributed by atoms with Gasteiger partial charge >= 0.3 is 0 Å². The molecule has 84 valence electrons. The summed E-state index contributed by atoms with van der Waals surface area (Å²) in [7, 11) is 0. The zero-order valence-electron chi connectivity index (χ0n) is 9.41. The first-order chi connectivity index (χ1) is 8.43. The van der Waals surface area contributed by atoms with Crippen LogP contribution in [0.5, 0.6) is 0 Å². The molecule has 3 aliphatic rings. The lowest BCUT2D eigenvalue weighted by Crippen LogP contribution is -2.39. The maximum Gasteiger partial charge on any atom is 0.0714 e. The summed E-state index contributed by atoms with van der Waals surface area (Å²) in [6.07, 6.45) is 12.3. The average Bonchev–Trinajstić information content (AvgIpc) is 2.39. The van der Waals surface area contributed by atoms with E-state index in [-0.39, 0.29) is 0 Å². The Morgan fingerprint density at radius 3 is 3.12 bits per heavy atom. The van der Waals surface area contributed by atoms with Crippen LogP contribution in [0.4, 0.5) is 0 Å². The molecule has 0 spiro atoms. The topological polar surface area (TPSA) is 3.24 Å². The highest BCUT2D eigenvalue weighted by molar-refractivity contribution is 8.03. The van der Waals surface area contributed by atoms with E-state index in [1.807, 2.05) is 11.8 Å². The molecule has 0 saturated carbocycles. The molecule has 0 fully saturated rings. The smallest absolute Gasteiger partial charge is 0.0714 e. The van der Waals surface area contributed by atoms with Gasteiger partial charge in [-0.05, 0) is 30.2 Å². The van der Waals surface area contributed by atoms with E-state index in [1.165, 1.54) is 15.4 Å². The summed E-state index contributed by atoms with van der Waals surface area (Å²) < 4.78 is 0. The molecular formula is C15H13NS. The molecule has 0 N–H and O–H groups in total. The van der Waals surface area contributed by atoms with Gasteiger partial charge in [0.1, 0.15) is 0 Å². The second-order valence-corrected chi connectivity index (χ2v) is 5.78. The van der Waals surface area contributed by atoms with E-state index in [4.69, 9.17) is 0 Å². The summed E-state index contributed by atoms with van der Waals surface area (Å²) in [5, 5.41) is 0. The largest absolute Gasteiger partial charge is 0.346 e. The van der Waals surface area contributed by atoms with Crippen LogP contribution in [0.15, 0.2) is 64.7 Å². The fourth-order valence-electron chi connectivity index (χ4n) is 2.98. The van der Waals surface area contributed by atoms with Crippen LogP contribution in [0, 0.1) is 0 Å². The van der Waals surface area contributed by atoms with Crippen molar-refractivity contribution in [2.24, 2.45) is 0 Å². The van der Waals surface area contributed by atoms with Gasteiger partial charge in [0.05, 0.1) is 6.04 Å². The second-order valence-electron chi connectivity index (χ2n) is 4.67. The first-order valence-electron chi connectivity index (χ1n) is 6.03. The van der Waals surface area contributed by atoms with E-state index in [9.17, 15) is 0 Å². The molecule has 4 rings (SSSR count). The average molecular weight is 239 g/mol. The molecule has 0 amide bonds. The first kappa shape index (κ1) is 9.60. The third-order valence-corrected chi connectivity index (χ3v) is 4.93. The van der Waals surface area contributed by atoms with Gasteiger partial charge in [0.15, 0.2) is 0 Å². The molecular weight excluding hydrogens is 226 g/mol. The van der Waals surface area contributed by atoms with Crippen molar-refractivity contribution in [3.63, 3.8) is 0 Å². The van der Waals surface area contributed by atoms with Gasteiger partial charge in [-0.15, -0.1) is 0 Å². The van der Waals surface area contributed by atoms with Gasteiger partial charge in [0, 0.05) is 28.1 Å². The van der Waals surface area contributed by atoms with Crippen molar-refractivity contribution in [3.8, 4) is 0 Å². The minimum absolute atomic E-state index is 0.532. The minimum atomic E-state index is 0.532. The van der Waals surface area contributed by atoms with E-state index < -0.39 is 0 Å². The van der Waals surface area contributed by atoms with Gasteiger partial charge in [-0.1, -0.05) is 36.0 Å². The Bertz CT molecular complexity index is 556. The molecule has 0 aromatic heterocycles. The number of hydrogen-bond donors (Lipinski definition) is 0. The Morgan fingerprint density at radius 1 is 1.18 bits per heavy atom. The van der Waals surface area contributed by atoms with E-state index >= 15 is 0 Å². The second kappa shape index (κ2) is 3.54. The molecule has 3 heterocycles. The number of thioether (sulfide) groups is 1. The lowest BCUT2D eigenvalue weighted by molar-refractivity contribution is 0.333. The number of fused-ring (bicyclic) bond motifs is 2. The summed E-state index contributed by atoms with van der Waals surface area (Å²) in [5.74, 6) is 0.619. The standard InChI is InChI=1S/C15H13NS/c1-2-7-13-11(5-1)12-6-3-9-16-10-4-8-14(17-13)15(12)16/h1-5,7-10,12,15H,6H2. The highest BCUT2D eigenvalue weighted by Gasteiger charge is 2.37. The van der Waals surface area contributed by atoms with Crippen LogP contribution in [0.2, 0.25) is 0 Å².